The molecular weight excluding hydrogens is 370 g/mol. The average molecular weight is 397 g/mol. The quantitative estimate of drug-likeness (QED) is 0.570. The molecule has 1 aliphatic carbocycles. The fourth-order valence-electron chi connectivity index (χ4n) is 3.15. The summed E-state index contributed by atoms with van der Waals surface area (Å²) in [6, 6.07) is 12.2. The van der Waals surface area contributed by atoms with Gasteiger partial charge in [-0.1, -0.05) is 24.6 Å². The Morgan fingerprint density at radius 1 is 1.21 bits per heavy atom. The van der Waals surface area contributed by atoms with E-state index in [0.29, 0.717) is 18.8 Å². The molecule has 1 heterocycles. The number of ether oxygens (including phenoxy) is 1. The van der Waals surface area contributed by atoms with Gasteiger partial charge in [0.2, 0.25) is 5.91 Å². The Hall–Kier alpha value is -3.09. The van der Waals surface area contributed by atoms with Crippen LogP contribution in [0.3, 0.4) is 0 Å². The summed E-state index contributed by atoms with van der Waals surface area (Å²) in [6.07, 6.45) is 3.66. The van der Waals surface area contributed by atoms with E-state index in [1.54, 1.807) is 0 Å². The molecule has 1 aromatic heterocycles. The third-order valence-corrected chi connectivity index (χ3v) is 5.14. The first kappa shape index (κ1) is 20.6. The van der Waals surface area contributed by atoms with Crippen LogP contribution in [0.5, 0.6) is 5.75 Å². The first-order valence-corrected chi connectivity index (χ1v) is 9.94. The molecule has 1 aromatic carbocycles. The molecule has 1 saturated carbocycles. The lowest BCUT2D eigenvalue weighted by Gasteiger charge is -2.26. The molecule has 1 amide bonds. The van der Waals surface area contributed by atoms with Crippen LogP contribution in [-0.2, 0) is 22.4 Å². The number of carboxylic acids is 1. The van der Waals surface area contributed by atoms with Gasteiger partial charge in [0.25, 0.3) is 0 Å². The average Bonchev–Trinajstić information content (AvgIpc) is 2.67. The van der Waals surface area contributed by atoms with Crippen molar-refractivity contribution >= 4 is 17.7 Å². The molecule has 1 fully saturated rings. The molecule has 154 valence electrons. The second-order valence-corrected chi connectivity index (χ2v) is 7.24. The van der Waals surface area contributed by atoms with Crippen LogP contribution in [-0.4, -0.2) is 41.7 Å². The SMILES string of the molecule is CNc1cccc(CCOc2ccc(C[C@H](NC(=O)C3CCC3)C(=O)O)cc2)n1. The standard InChI is InChI=1S/C22H27N3O4/c1-23-20-7-3-6-17(24-20)12-13-29-18-10-8-15(9-11-18)14-19(22(27)28)25-21(26)16-4-2-5-16/h3,6-11,16,19H,2,4-5,12-14H2,1H3,(H,23,24)(H,25,26)(H,27,28)/t19-/m0/s1. The van der Waals surface area contributed by atoms with Gasteiger partial charge < -0.3 is 20.5 Å². The molecule has 3 N–H and O–H groups in total. The number of nitrogens with one attached hydrogen (secondary N) is 2. The van der Waals surface area contributed by atoms with Crippen LogP contribution >= 0.6 is 0 Å². The number of nitrogens with zero attached hydrogens (tertiary/aromatic N) is 1. The molecule has 1 aliphatic rings. The van der Waals surface area contributed by atoms with E-state index in [2.05, 4.69) is 15.6 Å². The maximum absolute atomic E-state index is 12.1. The number of rotatable bonds is 10. The summed E-state index contributed by atoms with van der Waals surface area (Å²) in [4.78, 5) is 28.0. The molecule has 7 heteroatoms. The van der Waals surface area contributed by atoms with E-state index in [9.17, 15) is 14.7 Å². The van der Waals surface area contributed by atoms with Crippen molar-refractivity contribution < 1.29 is 19.4 Å². The highest BCUT2D eigenvalue weighted by atomic mass is 16.5. The van der Waals surface area contributed by atoms with E-state index in [1.807, 2.05) is 49.5 Å². The Balaban J connectivity index is 1.49. The van der Waals surface area contributed by atoms with E-state index >= 15 is 0 Å². The van der Waals surface area contributed by atoms with Crippen molar-refractivity contribution in [3.05, 3.63) is 53.7 Å². The number of amides is 1. The summed E-state index contributed by atoms with van der Waals surface area (Å²) in [6.45, 7) is 0.495. The molecule has 3 rings (SSSR count). The molecule has 2 aromatic rings. The van der Waals surface area contributed by atoms with Crippen molar-refractivity contribution in [2.45, 2.75) is 38.1 Å². The van der Waals surface area contributed by atoms with Gasteiger partial charge >= 0.3 is 5.97 Å². The Labute approximate surface area is 170 Å². The van der Waals surface area contributed by atoms with E-state index < -0.39 is 12.0 Å². The maximum atomic E-state index is 12.1. The van der Waals surface area contributed by atoms with Crippen molar-refractivity contribution in [1.82, 2.24) is 10.3 Å². The van der Waals surface area contributed by atoms with Gasteiger partial charge in [0, 0.05) is 31.5 Å². The molecule has 1 atom stereocenters. The number of carboxylic acid groups (broad SMARTS) is 1. The highest BCUT2D eigenvalue weighted by Gasteiger charge is 2.29. The third kappa shape index (κ3) is 5.94. The normalized spacial score (nSPS) is 14.5. The summed E-state index contributed by atoms with van der Waals surface area (Å²) in [7, 11) is 1.83. The molecule has 0 saturated heterocycles. The summed E-state index contributed by atoms with van der Waals surface area (Å²) in [5, 5.41) is 15.1. The molecular formula is C22H27N3O4. The highest BCUT2D eigenvalue weighted by Crippen LogP contribution is 2.26. The number of carbonyl (C=O) groups is 2. The number of pyridine rings is 1. The Morgan fingerprint density at radius 2 is 1.97 bits per heavy atom. The van der Waals surface area contributed by atoms with Crippen molar-refractivity contribution in [2.75, 3.05) is 19.0 Å². The monoisotopic (exact) mass is 397 g/mol. The number of benzene rings is 1. The van der Waals surface area contributed by atoms with Gasteiger partial charge in [-0.15, -0.1) is 0 Å². The molecule has 29 heavy (non-hydrogen) atoms. The number of aliphatic carboxylic acids is 1. The molecule has 0 aliphatic heterocycles. The zero-order valence-electron chi connectivity index (χ0n) is 16.6. The van der Waals surface area contributed by atoms with Crippen LogP contribution in [0, 0.1) is 5.92 Å². The fourth-order valence-corrected chi connectivity index (χ4v) is 3.15. The molecule has 7 nitrogen and oxygen atoms in total. The van der Waals surface area contributed by atoms with Gasteiger partial charge in [0.1, 0.15) is 17.6 Å². The van der Waals surface area contributed by atoms with Crippen LogP contribution in [0.25, 0.3) is 0 Å². The van der Waals surface area contributed by atoms with E-state index in [4.69, 9.17) is 4.74 Å². The lowest BCUT2D eigenvalue weighted by molar-refractivity contribution is -0.143. The van der Waals surface area contributed by atoms with Crippen LogP contribution in [0.15, 0.2) is 42.5 Å². The van der Waals surface area contributed by atoms with Gasteiger partial charge in [0.05, 0.1) is 6.61 Å². The Bertz CT molecular complexity index is 834. The Kier molecular flexibility index (Phi) is 7.05. The third-order valence-electron chi connectivity index (χ3n) is 5.14. The summed E-state index contributed by atoms with van der Waals surface area (Å²) >= 11 is 0. The number of hydrogen-bond acceptors (Lipinski definition) is 5. The topological polar surface area (TPSA) is 101 Å². The lowest BCUT2D eigenvalue weighted by atomic mass is 9.84. The van der Waals surface area contributed by atoms with Crippen molar-refractivity contribution in [3.63, 3.8) is 0 Å². The number of aromatic nitrogens is 1. The zero-order valence-corrected chi connectivity index (χ0v) is 16.6. The van der Waals surface area contributed by atoms with Gasteiger partial charge in [-0.2, -0.15) is 0 Å². The number of carbonyl (C=O) groups excluding carboxylic acids is 1. The zero-order chi connectivity index (χ0) is 20.6. The van der Waals surface area contributed by atoms with Crippen molar-refractivity contribution in [1.29, 1.82) is 0 Å². The largest absolute Gasteiger partial charge is 0.493 e. The predicted octanol–water partition coefficient (Wildman–Crippen LogP) is 2.66. The smallest absolute Gasteiger partial charge is 0.326 e. The van der Waals surface area contributed by atoms with Crippen LogP contribution in [0.1, 0.15) is 30.5 Å². The second-order valence-electron chi connectivity index (χ2n) is 7.24. The minimum absolute atomic E-state index is 0.0316. The molecule has 0 bridgehead atoms. The van der Waals surface area contributed by atoms with Crippen LogP contribution < -0.4 is 15.4 Å². The predicted molar refractivity (Wildman–Crippen MR) is 110 cm³/mol. The van der Waals surface area contributed by atoms with Crippen LogP contribution in [0.2, 0.25) is 0 Å². The molecule has 0 radical (unpaired) electrons. The van der Waals surface area contributed by atoms with E-state index in [1.165, 1.54) is 0 Å². The fraction of sp³-hybridized carbons (Fsp3) is 0.409. The lowest BCUT2D eigenvalue weighted by Crippen LogP contribution is -2.46. The number of anilines is 1. The van der Waals surface area contributed by atoms with Crippen molar-refractivity contribution in [3.8, 4) is 5.75 Å². The van der Waals surface area contributed by atoms with Gasteiger partial charge in [-0.25, -0.2) is 9.78 Å². The van der Waals surface area contributed by atoms with Crippen LogP contribution in [0.4, 0.5) is 5.82 Å². The number of hydrogen-bond donors (Lipinski definition) is 3. The minimum Gasteiger partial charge on any atom is -0.493 e. The molecule has 0 spiro atoms. The molecule has 0 unspecified atom stereocenters. The van der Waals surface area contributed by atoms with Gasteiger partial charge in [-0.3, -0.25) is 4.79 Å². The van der Waals surface area contributed by atoms with E-state index in [-0.39, 0.29) is 18.2 Å². The first-order chi connectivity index (χ1) is 14.0. The summed E-state index contributed by atoms with van der Waals surface area (Å²) < 4.78 is 5.76. The first-order valence-electron chi connectivity index (χ1n) is 9.94. The Morgan fingerprint density at radius 3 is 2.59 bits per heavy atom. The summed E-state index contributed by atoms with van der Waals surface area (Å²) in [5.74, 6) is 0.331. The maximum Gasteiger partial charge on any atom is 0.326 e. The van der Waals surface area contributed by atoms with Gasteiger partial charge in [0.15, 0.2) is 0 Å². The minimum atomic E-state index is -1.02. The van der Waals surface area contributed by atoms with Gasteiger partial charge in [-0.05, 0) is 42.7 Å². The second kappa shape index (κ2) is 9.91. The van der Waals surface area contributed by atoms with Crippen molar-refractivity contribution in [2.24, 2.45) is 5.92 Å². The highest BCUT2D eigenvalue weighted by molar-refractivity contribution is 5.85. The summed E-state index contributed by atoms with van der Waals surface area (Å²) in [5.41, 5.74) is 1.78. The van der Waals surface area contributed by atoms with E-state index in [0.717, 1.165) is 36.3 Å².